The van der Waals surface area contributed by atoms with Crippen LogP contribution in [0.3, 0.4) is 0 Å². The molecule has 170 valence electrons. The average molecular weight is 456 g/mol. The zero-order valence-corrected chi connectivity index (χ0v) is 18.0. The molecule has 4 rings (SSSR count). The monoisotopic (exact) mass is 456 g/mol. The van der Waals surface area contributed by atoms with Crippen LogP contribution in [0.25, 0.3) is 0 Å². The summed E-state index contributed by atoms with van der Waals surface area (Å²) in [4.78, 5) is 62.6. The molecule has 0 atom stereocenters. The molecule has 0 bridgehead atoms. The number of anilines is 2. The van der Waals surface area contributed by atoms with E-state index in [0.29, 0.717) is 16.8 Å². The number of benzene rings is 3. The van der Waals surface area contributed by atoms with Gasteiger partial charge in [-0.2, -0.15) is 0 Å². The van der Waals surface area contributed by atoms with E-state index in [-0.39, 0.29) is 41.7 Å². The number of nitrogens with one attached hydrogen (secondary N) is 1. The number of ketones is 1. The Morgan fingerprint density at radius 2 is 1.44 bits per heavy atom. The number of ether oxygens (including phenoxy) is 1. The Balaban J connectivity index is 1.40. The van der Waals surface area contributed by atoms with Crippen LogP contribution in [0.4, 0.5) is 11.4 Å². The Hall–Kier alpha value is -4.59. The van der Waals surface area contributed by atoms with Gasteiger partial charge in [-0.3, -0.25) is 24.1 Å². The van der Waals surface area contributed by atoms with Crippen molar-refractivity contribution in [1.29, 1.82) is 0 Å². The molecule has 1 N–H and O–H groups in total. The summed E-state index contributed by atoms with van der Waals surface area (Å²) >= 11 is 0. The molecule has 0 spiro atoms. The normalized spacial score (nSPS) is 13.0. The maximum Gasteiger partial charge on any atom is 0.338 e. The first-order valence-corrected chi connectivity index (χ1v) is 10.6. The highest BCUT2D eigenvalue weighted by atomic mass is 16.5. The second-order valence-electron chi connectivity index (χ2n) is 7.54. The number of amides is 3. The average Bonchev–Trinajstić information content (AvgIpc) is 3.20. The third-order valence-corrected chi connectivity index (χ3v) is 5.21. The summed E-state index contributed by atoms with van der Waals surface area (Å²) in [6, 6.07) is 21.1. The van der Waals surface area contributed by atoms with E-state index in [1.54, 1.807) is 60.7 Å². The molecule has 8 nitrogen and oxygen atoms in total. The first kappa shape index (κ1) is 22.6. The predicted molar refractivity (Wildman–Crippen MR) is 123 cm³/mol. The first-order valence-electron chi connectivity index (χ1n) is 10.6. The molecule has 0 aromatic heterocycles. The molecule has 0 saturated carbocycles. The summed E-state index contributed by atoms with van der Waals surface area (Å²) in [5.74, 6) is -2.33. The van der Waals surface area contributed by atoms with Gasteiger partial charge in [0.25, 0.3) is 5.91 Å². The predicted octanol–water partition coefficient (Wildman–Crippen LogP) is 3.37. The number of esters is 1. The second-order valence-corrected chi connectivity index (χ2v) is 7.54. The van der Waals surface area contributed by atoms with Crippen molar-refractivity contribution in [1.82, 2.24) is 0 Å². The lowest BCUT2D eigenvalue weighted by Crippen LogP contribution is -2.28. The molecule has 0 radical (unpaired) electrons. The van der Waals surface area contributed by atoms with Crippen LogP contribution in [0, 0.1) is 0 Å². The van der Waals surface area contributed by atoms with E-state index >= 15 is 0 Å². The van der Waals surface area contributed by atoms with E-state index in [2.05, 4.69) is 5.32 Å². The summed E-state index contributed by atoms with van der Waals surface area (Å²) in [5.41, 5.74) is 1.45. The zero-order valence-electron chi connectivity index (χ0n) is 18.0. The number of carbonyl (C=O) groups is 5. The van der Waals surface area contributed by atoms with E-state index < -0.39 is 18.5 Å². The minimum absolute atomic E-state index is 0.0949. The lowest BCUT2D eigenvalue weighted by Gasteiger charge is -2.14. The van der Waals surface area contributed by atoms with Crippen molar-refractivity contribution >= 4 is 40.8 Å². The van der Waals surface area contributed by atoms with Crippen LogP contribution in [0.2, 0.25) is 0 Å². The van der Waals surface area contributed by atoms with E-state index in [4.69, 9.17) is 4.74 Å². The molecular formula is C26H20N2O6. The lowest BCUT2D eigenvalue weighted by atomic mass is 10.0. The van der Waals surface area contributed by atoms with Crippen LogP contribution in [0.15, 0.2) is 78.9 Å². The number of rotatable bonds is 7. The number of carbonyl (C=O) groups excluding carboxylic acids is 5. The smallest absolute Gasteiger partial charge is 0.338 e. The fourth-order valence-corrected chi connectivity index (χ4v) is 3.57. The number of imide groups is 1. The van der Waals surface area contributed by atoms with Gasteiger partial charge in [0.2, 0.25) is 11.8 Å². The van der Waals surface area contributed by atoms with Gasteiger partial charge in [-0.05, 0) is 30.3 Å². The van der Waals surface area contributed by atoms with Crippen LogP contribution in [-0.2, 0) is 19.1 Å². The van der Waals surface area contributed by atoms with E-state index in [0.717, 1.165) is 4.90 Å². The Morgan fingerprint density at radius 3 is 2.18 bits per heavy atom. The highest BCUT2D eigenvalue weighted by molar-refractivity contribution is 6.20. The molecule has 3 aromatic carbocycles. The molecule has 8 heteroatoms. The van der Waals surface area contributed by atoms with Crippen molar-refractivity contribution in [2.24, 2.45) is 0 Å². The zero-order chi connectivity index (χ0) is 24.1. The van der Waals surface area contributed by atoms with Gasteiger partial charge in [0.15, 0.2) is 12.4 Å². The van der Waals surface area contributed by atoms with E-state index in [1.807, 2.05) is 0 Å². The molecule has 0 aliphatic carbocycles. The topological polar surface area (TPSA) is 110 Å². The van der Waals surface area contributed by atoms with E-state index in [1.165, 1.54) is 18.2 Å². The first-order chi connectivity index (χ1) is 16.4. The minimum Gasteiger partial charge on any atom is -0.452 e. The van der Waals surface area contributed by atoms with E-state index in [9.17, 15) is 24.0 Å². The summed E-state index contributed by atoms with van der Waals surface area (Å²) in [6.45, 7) is -0.585. The fourth-order valence-electron chi connectivity index (χ4n) is 3.57. The van der Waals surface area contributed by atoms with Crippen molar-refractivity contribution in [3.63, 3.8) is 0 Å². The van der Waals surface area contributed by atoms with Crippen LogP contribution >= 0.6 is 0 Å². The highest BCUT2D eigenvalue weighted by Gasteiger charge is 2.30. The SMILES string of the molecule is O=C(COC(=O)c1cccc(N2C(=O)CCC2=O)c1)Nc1ccccc1C(=O)c1ccccc1. The van der Waals surface area contributed by atoms with Gasteiger partial charge in [0.05, 0.1) is 16.9 Å². The summed E-state index contributed by atoms with van der Waals surface area (Å²) in [6.07, 6.45) is 0.254. The quantitative estimate of drug-likeness (QED) is 0.332. The van der Waals surface area contributed by atoms with Crippen LogP contribution in [0.1, 0.15) is 39.1 Å². The van der Waals surface area contributed by atoms with Crippen molar-refractivity contribution in [3.8, 4) is 0 Å². The summed E-state index contributed by atoms with van der Waals surface area (Å²) in [5, 5.41) is 2.60. The molecule has 1 heterocycles. The van der Waals surface area contributed by atoms with Crippen molar-refractivity contribution in [2.45, 2.75) is 12.8 Å². The van der Waals surface area contributed by atoms with Gasteiger partial charge < -0.3 is 10.1 Å². The molecule has 34 heavy (non-hydrogen) atoms. The molecule has 1 aliphatic rings. The second kappa shape index (κ2) is 9.91. The maximum atomic E-state index is 12.8. The van der Waals surface area contributed by atoms with Crippen LogP contribution in [0.5, 0.6) is 0 Å². The van der Waals surface area contributed by atoms with Crippen LogP contribution < -0.4 is 10.2 Å². The molecule has 0 unspecified atom stereocenters. The molecule has 3 aromatic rings. The van der Waals surface area contributed by atoms with Gasteiger partial charge in [-0.1, -0.05) is 48.5 Å². The minimum atomic E-state index is -0.787. The highest BCUT2D eigenvalue weighted by Crippen LogP contribution is 2.24. The number of para-hydroxylation sites is 1. The van der Waals surface area contributed by atoms with Gasteiger partial charge in [-0.15, -0.1) is 0 Å². The Kier molecular flexibility index (Phi) is 6.59. The third-order valence-electron chi connectivity index (χ3n) is 5.21. The number of hydrogen-bond acceptors (Lipinski definition) is 6. The number of nitrogens with zero attached hydrogens (tertiary/aromatic N) is 1. The molecule has 3 amide bonds. The Labute approximate surface area is 195 Å². The lowest BCUT2D eigenvalue weighted by molar-refractivity contribution is -0.121. The van der Waals surface area contributed by atoms with Crippen molar-refractivity contribution < 1.29 is 28.7 Å². The Morgan fingerprint density at radius 1 is 0.794 bits per heavy atom. The van der Waals surface area contributed by atoms with Gasteiger partial charge in [0, 0.05) is 24.0 Å². The Bertz CT molecular complexity index is 1270. The largest absolute Gasteiger partial charge is 0.452 e. The van der Waals surface area contributed by atoms with Gasteiger partial charge in [-0.25, -0.2) is 4.79 Å². The van der Waals surface area contributed by atoms with Crippen molar-refractivity contribution in [2.75, 3.05) is 16.8 Å². The maximum absolute atomic E-state index is 12.8. The standard InChI is InChI=1S/C26H20N2O6/c29-22(27-21-12-5-4-11-20(21)25(32)17-7-2-1-3-8-17)16-34-26(33)18-9-6-10-19(15-18)28-23(30)13-14-24(28)31/h1-12,15H,13-14,16H2,(H,27,29). The molecular weight excluding hydrogens is 436 g/mol. The molecule has 1 saturated heterocycles. The molecule has 1 fully saturated rings. The number of hydrogen-bond donors (Lipinski definition) is 1. The van der Waals surface area contributed by atoms with Crippen LogP contribution in [-0.4, -0.2) is 36.1 Å². The summed E-state index contributed by atoms with van der Waals surface area (Å²) < 4.78 is 5.09. The van der Waals surface area contributed by atoms with Gasteiger partial charge in [0.1, 0.15) is 0 Å². The van der Waals surface area contributed by atoms with Gasteiger partial charge >= 0.3 is 5.97 Å². The fraction of sp³-hybridized carbons (Fsp3) is 0.115. The van der Waals surface area contributed by atoms with Crippen molar-refractivity contribution in [3.05, 3.63) is 95.6 Å². The molecule has 1 aliphatic heterocycles. The summed E-state index contributed by atoms with van der Waals surface area (Å²) in [7, 11) is 0. The third kappa shape index (κ3) is 4.91.